The lowest BCUT2D eigenvalue weighted by Gasteiger charge is -2.41. The topological polar surface area (TPSA) is 332 Å². The molecular weight excluding hydrogens is 1070 g/mol. The van der Waals surface area contributed by atoms with E-state index >= 15 is 0 Å². The predicted octanol–water partition coefficient (Wildman–Crippen LogP) is 4.88. The van der Waals surface area contributed by atoms with Crippen molar-refractivity contribution in [2.24, 2.45) is 28.8 Å². The van der Waals surface area contributed by atoms with Gasteiger partial charge < -0.3 is 69.7 Å². The number of carbonyl (C=O) groups is 6. The number of aliphatic hydroxyl groups is 4. The van der Waals surface area contributed by atoms with Crippen LogP contribution in [0.1, 0.15) is 103 Å². The Hall–Kier alpha value is -6.15. The first-order valence-corrected chi connectivity index (χ1v) is 28.1. The van der Waals surface area contributed by atoms with E-state index < -0.39 is 121 Å². The highest BCUT2D eigenvalue weighted by molar-refractivity contribution is 7.19. The monoisotopic (exact) mass is 1150 g/mol. The Morgan fingerprint density at radius 3 is 2.17 bits per heavy atom. The fourth-order valence-electron chi connectivity index (χ4n) is 10.8. The zero-order chi connectivity index (χ0) is 60.2. The molecule has 0 spiro atoms. The molecule has 3 aromatic rings. The lowest BCUT2D eigenvalue weighted by molar-refractivity contribution is -0.270. The van der Waals surface area contributed by atoms with Gasteiger partial charge in [0.15, 0.2) is 6.10 Å². The average molecular weight is 1160 g/mol. The zero-order valence-electron chi connectivity index (χ0n) is 48.2. The molecule has 25 heteroatoms. The van der Waals surface area contributed by atoms with Crippen LogP contribution in [0.3, 0.4) is 0 Å². The van der Waals surface area contributed by atoms with Crippen LogP contribution in [0.25, 0.3) is 20.5 Å². The van der Waals surface area contributed by atoms with Crippen molar-refractivity contribution >= 4 is 57.1 Å². The molecule has 5 amide bonds. The number of ether oxygens (including phenoxy) is 5. The number of carbonyl (C=O) groups excluding carboxylic acids is 5. The second kappa shape index (κ2) is 29.7. The molecule has 2 aromatic carbocycles. The van der Waals surface area contributed by atoms with Gasteiger partial charge in [0.05, 0.1) is 55.3 Å². The Morgan fingerprint density at radius 1 is 0.901 bits per heavy atom. The number of rotatable bonds is 27. The van der Waals surface area contributed by atoms with E-state index in [4.69, 9.17) is 29.2 Å². The number of azide groups is 1. The van der Waals surface area contributed by atoms with Crippen molar-refractivity contribution in [3.05, 3.63) is 75.0 Å². The molecule has 0 aliphatic carbocycles. The maximum absolute atomic E-state index is 14.8. The standard InChI is InChI=1S/C56H82N8O16S/c1-13-30(6)43(39(76-11)25-40(65)64-23-17-20-37(64)48(77-12)31(7)51(70)59-32(8)44(66)33-18-15-14-16-19-33)62(9)53(72)41(28(2)3)60-52(71)42(29(4)5)63(10)56(75)78-27-34-21-22-38(36-24-35(26-58-61-57)81-50(34)36)79-55-47(69)45(67)46(68)49(80-55)54(73)74/h14-16,18-19,21-22,24,28-32,37,39,41-49,55,66-69H,13,17,20,23,25-27H2,1-12H3,(H,59,70)(H,60,71)(H,73,74)/t30-,31+,32+,37-,39+,41-,42-,43-,44+,45-,46-,47+,48+,49-,55+/m0/s1. The van der Waals surface area contributed by atoms with E-state index in [1.807, 2.05) is 32.0 Å². The van der Waals surface area contributed by atoms with E-state index in [1.165, 1.54) is 43.6 Å². The summed E-state index contributed by atoms with van der Waals surface area (Å²) < 4.78 is 29.5. The van der Waals surface area contributed by atoms with E-state index in [0.29, 0.717) is 51.9 Å². The molecule has 0 bridgehead atoms. The van der Waals surface area contributed by atoms with E-state index in [9.17, 15) is 54.3 Å². The van der Waals surface area contributed by atoms with Crippen LogP contribution in [0.5, 0.6) is 5.75 Å². The number of nitrogens with one attached hydrogen (secondary N) is 2. The van der Waals surface area contributed by atoms with Gasteiger partial charge in [0.1, 0.15) is 42.8 Å². The summed E-state index contributed by atoms with van der Waals surface area (Å²) in [7, 11) is 6.02. The molecule has 81 heavy (non-hydrogen) atoms. The third-order valence-corrected chi connectivity index (χ3v) is 16.7. The summed E-state index contributed by atoms with van der Waals surface area (Å²) in [6.07, 6.45) is -10.9. The number of thiophene rings is 1. The number of aliphatic carboxylic acids is 1. The molecule has 7 N–H and O–H groups in total. The first-order valence-electron chi connectivity index (χ1n) is 27.3. The van der Waals surface area contributed by atoms with Gasteiger partial charge in [-0.2, -0.15) is 0 Å². The van der Waals surface area contributed by atoms with E-state index in [1.54, 1.807) is 77.8 Å². The molecule has 2 fully saturated rings. The fourth-order valence-corrected chi connectivity index (χ4v) is 11.9. The Morgan fingerprint density at radius 2 is 1.58 bits per heavy atom. The number of hydrogen-bond donors (Lipinski definition) is 7. The van der Waals surface area contributed by atoms with Crippen LogP contribution in [-0.2, 0) is 56.1 Å². The maximum atomic E-state index is 14.8. The number of hydrogen-bond acceptors (Lipinski definition) is 17. The molecule has 2 saturated heterocycles. The number of nitrogens with zero attached hydrogens (tertiary/aromatic N) is 6. The summed E-state index contributed by atoms with van der Waals surface area (Å²) in [5, 5.41) is 61.5. The predicted molar refractivity (Wildman–Crippen MR) is 298 cm³/mol. The molecule has 2 aliphatic rings. The fraction of sp³-hybridized carbons (Fsp3) is 0.643. The van der Waals surface area contributed by atoms with Crippen molar-refractivity contribution in [3.8, 4) is 5.75 Å². The van der Waals surface area contributed by atoms with Crippen molar-refractivity contribution in [2.75, 3.05) is 34.9 Å². The SMILES string of the molecule is CC[C@H](C)[C@@H]([C@@H](CC(=O)N1CCC[C@H]1[C@H](OC)[C@@H](C)C(=O)N[C@H](C)[C@@H](O)c1ccccc1)OC)N(C)C(=O)[C@@H](NC(=O)[C@H](C(C)C)N(C)C(=O)OCc1ccc(O[C@@H]2O[C@H](C(=O)O)[C@@H](O)[C@H](O)[C@H]2O)c2cc(CN=[N+]=[N-])sc12)C(C)C. The summed E-state index contributed by atoms with van der Waals surface area (Å²) in [6.45, 7) is 14.5. The van der Waals surface area contributed by atoms with Crippen molar-refractivity contribution < 1.29 is 78.0 Å². The number of carboxylic acids is 1. The Balaban J connectivity index is 1.28. The van der Waals surface area contributed by atoms with Crippen molar-refractivity contribution in [3.63, 3.8) is 0 Å². The number of carboxylic acid groups (broad SMARTS) is 1. The molecule has 0 saturated carbocycles. The Bertz CT molecular complexity index is 2670. The van der Waals surface area contributed by atoms with Crippen molar-refractivity contribution in [1.82, 2.24) is 25.3 Å². The number of likely N-dealkylation sites (tertiary alicyclic amines) is 1. The van der Waals surface area contributed by atoms with Crippen LogP contribution in [0.2, 0.25) is 0 Å². The van der Waals surface area contributed by atoms with Crippen LogP contribution in [0.4, 0.5) is 4.79 Å². The highest BCUT2D eigenvalue weighted by Gasteiger charge is 2.49. The third kappa shape index (κ3) is 15.7. The number of methoxy groups -OCH3 is 2. The highest BCUT2D eigenvalue weighted by atomic mass is 32.1. The van der Waals surface area contributed by atoms with Crippen LogP contribution < -0.4 is 15.4 Å². The van der Waals surface area contributed by atoms with E-state index in [2.05, 4.69) is 20.7 Å². The largest absolute Gasteiger partial charge is 0.479 e. The summed E-state index contributed by atoms with van der Waals surface area (Å²) in [6, 6.07) is 9.74. The molecule has 15 atom stereocenters. The lowest BCUT2D eigenvalue weighted by Crippen LogP contribution is -2.61. The van der Waals surface area contributed by atoms with Gasteiger partial charge in [0, 0.05) is 60.3 Å². The minimum Gasteiger partial charge on any atom is -0.479 e. The number of fused-ring (bicyclic) bond motifs is 1. The Labute approximate surface area is 476 Å². The zero-order valence-corrected chi connectivity index (χ0v) is 49.0. The van der Waals surface area contributed by atoms with Crippen molar-refractivity contribution in [2.45, 2.75) is 173 Å². The first kappa shape index (κ1) is 65.7. The lowest BCUT2D eigenvalue weighted by atomic mass is 9.89. The van der Waals surface area contributed by atoms with Crippen LogP contribution >= 0.6 is 11.3 Å². The molecule has 24 nitrogen and oxygen atoms in total. The molecule has 3 heterocycles. The van der Waals surface area contributed by atoms with Crippen LogP contribution in [-0.4, -0.2) is 184 Å². The van der Waals surface area contributed by atoms with Gasteiger partial charge >= 0.3 is 12.1 Å². The quantitative estimate of drug-likeness (QED) is 0.0304. The summed E-state index contributed by atoms with van der Waals surface area (Å²) in [5.74, 6) is -4.98. The second-order valence-electron chi connectivity index (χ2n) is 21.7. The summed E-state index contributed by atoms with van der Waals surface area (Å²) in [4.78, 5) is 90.8. The van der Waals surface area contributed by atoms with Crippen LogP contribution in [0.15, 0.2) is 53.6 Å². The van der Waals surface area contributed by atoms with E-state index in [0.717, 1.165) is 4.90 Å². The van der Waals surface area contributed by atoms with Gasteiger partial charge in [0.2, 0.25) is 29.9 Å². The third-order valence-electron chi connectivity index (χ3n) is 15.6. The number of aliphatic hydroxyl groups excluding tert-OH is 4. The minimum atomic E-state index is -1.94. The maximum Gasteiger partial charge on any atom is 0.410 e. The normalized spacial score (nSPS) is 22.5. The second-order valence-corrected chi connectivity index (χ2v) is 22.9. The molecule has 5 rings (SSSR count). The Kier molecular flexibility index (Phi) is 24.1. The molecule has 448 valence electrons. The van der Waals surface area contributed by atoms with Gasteiger partial charge in [0.25, 0.3) is 0 Å². The van der Waals surface area contributed by atoms with Crippen molar-refractivity contribution in [1.29, 1.82) is 0 Å². The molecule has 2 aliphatic heterocycles. The molecule has 1 aromatic heterocycles. The molecule has 0 radical (unpaired) electrons. The first-order chi connectivity index (χ1) is 38.3. The highest BCUT2D eigenvalue weighted by Crippen LogP contribution is 2.39. The van der Waals surface area contributed by atoms with Gasteiger partial charge in [-0.05, 0) is 60.7 Å². The van der Waals surface area contributed by atoms with Gasteiger partial charge in [-0.25, -0.2) is 9.59 Å². The van der Waals surface area contributed by atoms with E-state index in [-0.39, 0.29) is 43.1 Å². The minimum absolute atomic E-state index is 0.0598. The van der Waals surface area contributed by atoms with Gasteiger partial charge in [-0.3, -0.25) is 24.1 Å². The molecular formula is C56H82N8O16S. The van der Waals surface area contributed by atoms with Gasteiger partial charge in [-0.15, -0.1) is 11.3 Å². The number of benzene rings is 2. The van der Waals surface area contributed by atoms with Gasteiger partial charge in [-0.1, -0.05) is 96.4 Å². The molecule has 0 unspecified atom stereocenters. The average Bonchev–Trinajstić information content (AvgIpc) is 4.24. The summed E-state index contributed by atoms with van der Waals surface area (Å²) in [5.41, 5.74) is 10.1. The smallest absolute Gasteiger partial charge is 0.410 e. The summed E-state index contributed by atoms with van der Waals surface area (Å²) >= 11 is 1.17. The number of likely N-dealkylation sites (N-methyl/N-ethyl adjacent to an activating group) is 2. The number of amides is 5. The van der Waals surface area contributed by atoms with Crippen LogP contribution in [0, 0.1) is 23.7 Å².